The summed E-state index contributed by atoms with van der Waals surface area (Å²) >= 11 is 0. The van der Waals surface area contributed by atoms with Crippen molar-refractivity contribution in [1.82, 2.24) is 29.4 Å². The molecule has 5 rings (SSSR count). The third kappa shape index (κ3) is 4.36. The molecule has 5 aromatic heterocycles. The fourth-order valence-electron chi connectivity index (χ4n) is 4.09. The Morgan fingerprint density at radius 2 is 1.94 bits per heavy atom. The molecule has 35 heavy (non-hydrogen) atoms. The number of hydrogen-bond acceptors (Lipinski definition) is 5. The van der Waals surface area contributed by atoms with Gasteiger partial charge in [0.25, 0.3) is 5.56 Å². The maximum atomic E-state index is 12.5. The molecule has 3 N–H and O–H groups in total. The molecule has 5 aromatic rings. The summed E-state index contributed by atoms with van der Waals surface area (Å²) in [5.41, 5.74) is 5.39. The lowest BCUT2D eigenvalue weighted by Gasteiger charge is -2.08. The number of amides is 1. The van der Waals surface area contributed by atoms with Crippen LogP contribution < -0.4 is 10.9 Å². The lowest BCUT2D eigenvalue weighted by atomic mass is 10.0. The van der Waals surface area contributed by atoms with Crippen molar-refractivity contribution in [2.24, 2.45) is 7.05 Å². The number of H-pyrrole nitrogens is 2. The second-order valence-electron chi connectivity index (χ2n) is 8.66. The van der Waals surface area contributed by atoms with Gasteiger partial charge in [0.2, 0.25) is 5.91 Å². The Kier molecular flexibility index (Phi) is 5.76. The van der Waals surface area contributed by atoms with Gasteiger partial charge >= 0.3 is 0 Å². The van der Waals surface area contributed by atoms with E-state index in [4.69, 9.17) is 0 Å². The molecule has 176 valence electrons. The molecule has 0 atom stereocenters. The molecule has 0 aromatic carbocycles. The van der Waals surface area contributed by atoms with Gasteiger partial charge in [0.15, 0.2) is 0 Å². The maximum absolute atomic E-state index is 12.5. The molecular weight excluding hydrogens is 442 g/mol. The van der Waals surface area contributed by atoms with Gasteiger partial charge in [0.1, 0.15) is 11.2 Å². The van der Waals surface area contributed by atoms with Crippen molar-refractivity contribution in [2.45, 2.75) is 0 Å². The Morgan fingerprint density at radius 3 is 2.77 bits per heavy atom. The first-order chi connectivity index (χ1) is 16.9. The highest BCUT2D eigenvalue weighted by atomic mass is 16.1. The van der Waals surface area contributed by atoms with E-state index in [1.54, 1.807) is 42.5 Å². The number of aryl methyl sites for hydroxylation is 1. The Bertz CT molecular complexity index is 1640. The molecule has 0 radical (unpaired) electrons. The number of pyridine rings is 3. The van der Waals surface area contributed by atoms with E-state index >= 15 is 0 Å². The van der Waals surface area contributed by atoms with Crippen LogP contribution in [0.15, 0.2) is 72.3 Å². The number of rotatable bonds is 6. The molecule has 1 amide bonds. The predicted octanol–water partition coefficient (Wildman–Crippen LogP) is 3.53. The second kappa shape index (κ2) is 9.03. The van der Waals surface area contributed by atoms with Crippen LogP contribution in [0, 0.1) is 0 Å². The molecular formula is C26H25N7O2. The van der Waals surface area contributed by atoms with E-state index < -0.39 is 0 Å². The minimum atomic E-state index is -0.211. The minimum Gasteiger partial charge on any atom is -0.357 e. The summed E-state index contributed by atoms with van der Waals surface area (Å²) in [5.74, 6) is -0.211. The second-order valence-corrected chi connectivity index (χ2v) is 8.66. The van der Waals surface area contributed by atoms with Crippen molar-refractivity contribution < 1.29 is 4.79 Å². The van der Waals surface area contributed by atoms with Gasteiger partial charge in [-0.15, -0.1) is 0 Å². The molecule has 0 aliphatic rings. The molecule has 0 saturated carbocycles. The number of likely N-dealkylation sites (N-methyl/N-ethyl adjacent to an activating group) is 1. The summed E-state index contributed by atoms with van der Waals surface area (Å²) in [6, 6.07) is 5.82. The van der Waals surface area contributed by atoms with Crippen LogP contribution in [0.4, 0.5) is 5.69 Å². The molecule has 0 unspecified atom stereocenters. The summed E-state index contributed by atoms with van der Waals surface area (Å²) in [5, 5.41) is 4.63. The summed E-state index contributed by atoms with van der Waals surface area (Å²) in [6.45, 7) is 0.682. The van der Waals surface area contributed by atoms with Crippen molar-refractivity contribution in [3.05, 3.63) is 77.9 Å². The zero-order valence-corrected chi connectivity index (χ0v) is 19.7. The van der Waals surface area contributed by atoms with E-state index in [1.807, 2.05) is 49.6 Å². The van der Waals surface area contributed by atoms with Crippen molar-refractivity contribution in [1.29, 1.82) is 0 Å². The van der Waals surface area contributed by atoms with Gasteiger partial charge in [-0.3, -0.25) is 14.6 Å². The standard InChI is InChI=1S/C26H25N7O2/c1-32(2)8-4-5-23(34)31-18-9-16(11-27-13-18)17-10-20-21(14-30-25(20)29-12-17)22-15-33(3)26(35)24-19(22)6-7-28-24/h4-7,9-15,28H,8H2,1-3H3,(H,29,30)(H,31,34)/b5-4+. The number of nitrogens with zero attached hydrogens (tertiary/aromatic N) is 4. The van der Waals surface area contributed by atoms with Crippen molar-refractivity contribution >= 4 is 33.5 Å². The highest BCUT2D eigenvalue weighted by Gasteiger charge is 2.15. The van der Waals surface area contributed by atoms with E-state index in [2.05, 4.69) is 25.3 Å². The van der Waals surface area contributed by atoms with Crippen LogP contribution in [0.3, 0.4) is 0 Å². The van der Waals surface area contributed by atoms with Gasteiger partial charge in [-0.2, -0.15) is 0 Å². The average Bonchev–Trinajstić information content (AvgIpc) is 3.49. The van der Waals surface area contributed by atoms with E-state index in [0.717, 1.165) is 38.7 Å². The van der Waals surface area contributed by atoms with Crippen LogP contribution in [-0.4, -0.2) is 56.0 Å². The van der Waals surface area contributed by atoms with Crippen LogP contribution in [-0.2, 0) is 11.8 Å². The van der Waals surface area contributed by atoms with E-state index in [-0.39, 0.29) is 11.5 Å². The number of hydrogen-bond donors (Lipinski definition) is 3. The quantitative estimate of drug-likeness (QED) is 0.331. The van der Waals surface area contributed by atoms with Crippen molar-refractivity contribution in [3.8, 4) is 22.3 Å². The highest BCUT2D eigenvalue weighted by Crippen LogP contribution is 2.34. The summed E-state index contributed by atoms with van der Waals surface area (Å²) < 4.78 is 1.58. The van der Waals surface area contributed by atoms with Gasteiger partial charge in [-0.05, 0) is 32.3 Å². The van der Waals surface area contributed by atoms with Crippen LogP contribution in [0.5, 0.6) is 0 Å². The van der Waals surface area contributed by atoms with Gasteiger partial charge < -0.3 is 24.8 Å². The number of fused-ring (bicyclic) bond motifs is 2. The average molecular weight is 468 g/mol. The molecule has 0 bridgehead atoms. The first-order valence-electron chi connectivity index (χ1n) is 11.1. The monoisotopic (exact) mass is 467 g/mol. The first kappa shape index (κ1) is 22.3. The Morgan fingerprint density at radius 1 is 1.11 bits per heavy atom. The van der Waals surface area contributed by atoms with Gasteiger partial charge in [0, 0.05) is 83.7 Å². The number of anilines is 1. The molecule has 0 saturated heterocycles. The summed E-state index contributed by atoms with van der Waals surface area (Å²) in [7, 11) is 5.62. The highest BCUT2D eigenvalue weighted by molar-refractivity contribution is 6.04. The van der Waals surface area contributed by atoms with Crippen LogP contribution in [0.1, 0.15) is 0 Å². The lowest BCUT2D eigenvalue weighted by molar-refractivity contribution is -0.111. The zero-order chi connectivity index (χ0) is 24.5. The molecule has 9 heteroatoms. The predicted molar refractivity (Wildman–Crippen MR) is 138 cm³/mol. The first-order valence-corrected chi connectivity index (χ1v) is 11.1. The lowest BCUT2D eigenvalue weighted by Crippen LogP contribution is -2.16. The van der Waals surface area contributed by atoms with Gasteiger partial charge in [-0.1, -0.05) is 6.08 Å². The fraction of sp³-hybridized carbons (Fsp3) is 0.154. The topological polar surface area (TPSA) is 112 Å². The number of carbonyl (C=O) groups is 1. The SMILES string of the molecule is CN(C)C/C=C/C(=O)Nc1cncc(-c2cnc3[nH]cc(-c4cn(C)c(=O)c5[nH]ccc45)c3c2)c1. The van der Waals surface area contributed by atoms with E-state index in [0.29, 0.717) is 17.7 Å². The smallest absolute Gasteiger partial charge is 0.274 e. The van der Waals surface area contributed by atoms with Crippen LogP contribution >= 0.6 is 0 Å². The zero-order valence-electron chi connectivity index (χ0n) is 19.7. The summed E-state index contributed by atoms with van der Waals surface area (Å²) in [4.78, 5) is 41.9. The molecule has 5 heterocycles. The van der Waals surface area contributed by atoms with Gasteiger partial charge in [0.05, 0.1) is 11.9 Å². The minimum absolute atomic E-state index is 0.0751. The molecule has 9 nitrogen and oxygen atoms in total. The van der Waals surface area contributed by atoms with Crippen molar-refractivity contribution in [3.63, 3.8) is 0 Å². The fourth-order valence-corrected chi connectivity index (χ4v) is 4.09. The van der Waals surface area contributed by atoms with Crippen LogP contribution in [0.25, 0.3) is 44.2 Å². The third-order valence-electron chi connectivity index (χ3n) is 5.79. The Balaban J connectivity index is 1.51. The van der Waals surface area contributed by atoms with E-state index in [9.17, 15) is 9.59 Å². The number of nitrogens with one attached hydrogen (secondary N) is 3. The maximum Gasteiger partial charge on any atom is 0.274 e. The van der Waals surface area contributed by atoms with E-state index in [1.165, 1.54) is 6.08 Å². The van der Waals surface area contributed by atoms with Gasteiger partial charge in [-0.25, -0.2) is 4.98 Å². The molecule has 0 aliphatic carbocycles. The Labute approximate surface area is 201 Å². The molecule has 0 aliphatic heterocycles. The molecule has 0 spiro atoms. The van der Waals surface area contributed by atoms with Crippen molar-refractivity contribution in [2.75, 3.05) is 26.0 Å². The largest absolute Gasteiger partial charge is 0.357 e. The normalized spacial score (nSPS) is 11.8. The van der Waals surface area contributed by atoms with Crippen LogP contribution in [0.2, 0.25) is 0 Å². The summed E-state index contributed by atoms with van der Waals surface area (Å²) in [6.07, 6.45) is 14.0. The number of carbonyl (C=O) groups excluding carboxylic acids is 1. The Hall–Kier alpha value is -4.50. The third-order valence-corrected chi connectivity index (χ3v) is 5.79. The number of aromatic nitrogens is 5. The molecule has 0 fully saturated rings. The number of aromatic amines is 2.